The van der Waals surface area contributed by atoms with Gasteiger partial charge >= 0.3 is 0 Å². The van der Waals surface area contributed by atoms with Gasteiger partial charge in [0.05, 0.1) is 25.6 Å². The van der Waals surface area contributed by atoms with Crippen LogP contribution in [-0.2, 0) is 0 Å². The van der Waals surface area contributed by atoms with Crippen molar-refractivity contribution in [3.8, 4) is 11.5 Å². The van der Waals surface area contributed by atoms with Crippen molar-refractivity contribution in [3.05, 3.63) is 0 Å². The van der Waals surface area contributed by atoms with Crippen molar-refractivity contribution >= 4 is 22.7 Å². The maximum Gasteiger partial charge on any atom is 0.188 e. The normalized spacial score (nSPS) is 16.9. The Bertz CT molecular complexity index is 491. The predicted molar refractivity (Wildman–Crippen MR) is 83.8 cm³/mol. The molecule has 0 radical (unpaired) electrons. The van der Waals surface area contributed by atoms with Crippen LogP contribution < -0.4 is 31.6 Å². The summed E-state index contributed by atoms with van der Waals surface area (Å²) in [6.45, 7) is 3.01. The molecule has 1 aliphatic heterocycles. The number of hydrogen-bond donors (Lipinski definition) is 4. The van der Waals surface area contributed by atoms with Gasteiger partial charge in [-0.25, -0.2) is 0 Å². The predicted octanol–water partition coefficient (Wildman–Crippen LogP) is 2.26. The molecule has 6 heteroatoms. The average Bonchev–Trinajstić information content (AvgIpc) is 2.48. The molecule has 1 unspecified atom stereocenters. The van der Waals surface area contributed by atoms with Gasteiger partial charge in [0.15, 0.2) is 11.5 Å². The van der Waals surface area contributed by atoms with Crippen LogP contribution >= 0.6 is 0 Å². The fraction of sp³-hybridized carbons (Fsp3) is 0.571. The number of nitrogens with two attached hydrogens (primary N) is 2. The van der Waals surface area contributed by atoms with E-state index in [0.717, 1.165) is 24.3 Å². The first kappa shape index (κ1) is 14.4. The number of unbranched alkanes of at least 4 members (excludes halogenated alkanes) is 1. The molecule has 112 valence electrons. The van der Waals surface area contributed by atoms with Crippen LogP contribution in [0.2, 0.25) is 0 Å². The van der Waals surface area contributed by atoms with Gasteiger partial charge in [0, 0.05) is 12.6 Å². The number of anilines is 4. The second kappa shape index (κ2) is 5.98. The van der Waals surface area contributed by atoms with E-state index in [1.54, 1.807) is 14.2 Å². The van der Waals surface area contributed by atoms with Crippen LogP contribution in [0.3, 0.4) is 0 Å². The Kier molecular flexibility index (Phi) is 4.32. The van der Waals surface area contributed by atoms with E-state index in [0.29, 0.717) is 28.9 Å². The van der Waals surface area contributed by atoms with Crippen molar-refractivity contribution in [2.45, 2.75) is 32.2 Å². The minimum absolute atomic E-state index is 0.349. The van der Waals surface area contributed by atoms with Gasteiger partial charge in [-0.1, -0.05) is 19.8 Å². The summed E-state index contributed by atoms with van der Waals surface area (Å²) in [5.41, 5.74) is 15.0. The number of nitrogens with one attached hydrogen (secondary N) is 2. The molecule has 0 saturated heterocycles. The van der Waals surface area contributed by atoms with Crippen molar-refractivity contribution < 1.29 is 9.47 Å². The van der Waals surface area contributed by atoms with Gasteiger partial charge in [-0.05, 0) is 6.42 Å². The third-order valence-corrected chi connectivity index (χ3v) is 3.67. The number of rotatable bonds is 5. The Hall–Kier alpha value is -1.98. The van der Waals surface area contributed by atoms with E-state index in [1.165, 1.54) is 12.8 Å². The Balaban J connectivity index is 2.39. The zero-order chi connectivity index (χ0) is 14.7. The van der Waals surface area contributed by atoms with Gasteiger partial charge in [0.1, 0.15) is 11.4 Å². The lowest BCUT2D eigenvalue weighted by Gasteiger charge is -2.31. The zero-order valence-electron chi connectivity index (χ0n) is 12.4. The quantitative estimate of drug-likeness (QED) is 0.618. The van der Waals surface area contributed by atoms with Gasteiger partial charge in [0.2, 0.25) is 0 Å². The van der Waals surface area contributed by atoms with Crippen LogP contribution in [0, 0.1) is 0 Å². The van der Waals surface area contributed by atoms with E-state index in [9.17, 15) is 0 Å². The van der Waals surface area contributed by atoms with Gasteiger partial charge in [-0.15, -0.1) is 0 Å². The Morgan fingerprint density at radius 3 is 2.25 bits per heavy atom. The van der Waals surface area contributed by atoms with Gasteiger partial charge in [0.25, 0.3) is 0 Å². The fourth-order valence-corrected chi connectivity index (χ4v) is 2.59. The van der Waals surface area contributed by atoms with Crippen LogP contribution in [-0.4, -0.2) is 26.8 Å². The third kappa shape index (κ3) is 2.37. The lowest BCUT2D eigenvalue weighted by atomic mass is 10.0. The number of ether oxygens (including phenoxy) is 2. The van der Waals surface area contributed by atoms with Crippen molar-refractivity contribution in [3.63, 3.8) is 0 Å². The molecule has 0 aromatic heterocycles. The molecule has 0 aliphatic carbocycles. The van der Waals surface area contributed by atoms with E-state index >= 15 is 0 Å². The van der Waals surface area contributed by atoms with Gasteiger partial charge < -0.3 is 31.6 Å². The minimum atomic E-state index is 0.349. The molecule has 0 spiro atoms. The molecule has 1 atom stereocenters. The molecule has 6 N–H and O–H groups in total. The summed E-state index contributed by atoms with van der Waals surface area (Å²) in [5.74, 6) is 0.958. The topological polar surface area (TPSA) is 94.6 Å². The molecule has 0 fully saturated rings. The summed E-state index contributed by atoms with van der Waals surface area (Å²) < 4.78 is 10.6. The standard InChI is InChI=1S/C14H24N4O2/c1-4-5-6-8-7-17-11-9(15)13(19-2)14(20-3)10(16)12(11)18-8/h8,17-18H,4-7,15-16H2,1-3H3. The summed E-state index contributed by atoms with van der Waals surface area (Å²) in [6.07, 6.45) is 3.45. The second-order valence-corrected chi connectivity index (χ2v) is 5.01. The molecule has 1 aliphatic rings. The van der Waals surface area contributed by atoms with Crippen LogP contribution in [0.15, 0.2) is 0 Å². The average molecular weight is 280 g/mol. The zero-order valence-corrected chi connectivity index (χ0v) is 12.4. The lowest BCUT2D eigenvalue weighted by Crippen LogP contribution is -2.34. The second-order valence-electron chi connectivity index (χ2n) is 5.01. The van der Waals surface area contributed by atoms with E-state index in [1.807, 2.05) is 0 Å². The molecule has 2 rings (SSSR count). The molecule has 0 bridgehead atoms. The first-order valence-electron chi connectivity index (χ1n) is 6.97. The molecule has 20 heavy (non-hydrogen) atoms. The van der Waals surface area contributed by atoms with Crippen molar-refractivity contribution in [2.24, 2.45) is 0 Å². The largest absolute Gasteiger partial charge is 0.491 e. The van der Waals surface area contributed by atoms with E-state index < -0.39 is 0 Å². The molecule has 0 amide bonds. The molecule has 1 aromatic carbocycles. The number of hydrogen-bond acceptors (Lipinski definition) is 6. The van der Waals surface area contributed by atoms with Crippen molar-refractivity contribution in [1.29, 1.82) is 0 Å². The number of benzene rings is 1. The minimum Gasteiger partial charge on any atom is -0.491 e. The van der Waals surface area contributed by atoms with Gasteiger partial charge in [-0.2, -0.15) is 0 Å². The monoisotopic (exact) mass is 280 g/mol. The molecular weight excluding hydrogens is 256 g/mol. The van der Waals surface area contributed by atoms with Crippen molar-refractivity contribution in [2.75, 3.05) is 42.9 Å². The van der Waals surface area contributed by atoms with E-state index in [4.69, 9.17) is 20.9 Å². The summed E-state index contributed by atoms with van der Waals surface area (Å²) >= 11 is 0. The first-order valence-corrected chi connectivity index (χ1v) is 6.97. The van der Waals surface area contributed by atoms with Crippen molar-refractivity contribution in [1.82, 2.24) is 0 Å². The molecule has 6 nitrogen and oxygen atoms in total. The number of methoxy groups -OCH3 is 2. The SMILES string of the molecule is CCCCC1CNc2c(N)c(OC)c(OC)c(N)c2N1. The highest BCUT2D eigenvalue weighted by Gasteiger charge is 2.27. The summed E-state index contributed by atoms with van der Waals surface area (Å²) in [6, 6.07) is 0.349. The maximum absolute atomic E-state index is 6.19. The number of fused-ring (bicyclic) bond motifs is 1. The maximum atomic E-state index is 6.19. The Morgan fingerprint density at radius 2 is 1.70 bits per heavy atom. The summed E-state index contributed by atoms with van der Waals surface area (Å²) in [7, 11) is 3.12. The molecular formula is C14H24N4O2. The third-order valence-electron chi connectivity index (χ3n) is 3.67. The highest BCUT2D eigenvalue weighted by atomic mass is 16.5. The Morgan fingerprint density at radius 1 is 1.10 bits per heavy atom. The van der Waals surface area contributed by atoms with Crippen LogP contribution in [0.5, 0.6) is 11.5 Å². The first-order chi connectivity index (χ1) is 9.63. The van der Waals surface area contributed by atoms with Crippen LogP contribution in [0.1, 0.15) is 26.2 Å². The van der Waals surface area contributed by atoms with Crippen LogP contribution in [0.25, 0.3) is 0 Å². The summed E-state index contributed by atoms with van der Waals surface area (Å²) in [5, 5.41) is 6.82. The highest BCUT2D eigenvalue weighted by Crippen LogP contribution is 2.51. The lowest BCUT2D eigenvalue weighted by molar-refractivity contribution is 0.358. The number of nitrogen functional groups attached to an aromatic ring is 2. The fourth-order valence-electron chi connectivity index (χ4n) is 2.59. The smallest absolute Gasteiger partial charge is 0.188 e. The van der Waals surface area contributed by atoms with Gasteiger partial charge in [-0.3, -0.25) is 0 Å². The highest BCUT2D eigenvalue weighted by molar-refractivity contribution is 5.98. The van der Waals surface area contributed by atoms with E-state index in [2.05, 4.69) is 17.6 Å². The van der Waals surface area contributed by atoms with Crippen LogP contribution in [0.4, 0.5) is 22.7 Å². The Labute approximate surface area is 119 Å². The molecule has 1 aromatic rings. The molecule has 0 saturated carbocycles. The summed E-state index contributed by atoms with van der Waals surface area (Å²) in [4.78, 5) is 0. The molecule has 1 heterocycles. The van der Waals surface area contributed by atoms with E-state index in [-0.39, 0.29) is 0 Å².